The summed E-state index contributed by atoms with van der Waals surface area (Å²) < 4.78 is 0. The number of hydrogen-bond acceptors (Lipinski definition) is 3. The van der Waals surface area contributed by atoms with Gasteiger partial charge in [-0.1, -0.05) is 24.3 Å². The van der Waals surface area contributed by atoms with Gasteiger partial charge >= 0.3 is 0 Å². The zero-order valence-corrected chi connectivity index (χ0v) is 13.8. The highest BCUT2D eigenvalue weighted by molar-refractivity contribution is 5.98. The molecule has 1 aromatic heterocycles. The molecule has 1 saturated heterocycles. The molecule has 0 N–H and O–H groups in total. The van der Waals surface area contributed by atoms with Crippen LogP contribution in [0.1, 0.15) is 24.8 Å². The van der Waals surface area contributed by atoms with Crippen molar-refractivity contribution in [3.8, 4) is 11.1 Å². The summed E-state index contributed by atoms with van der Waals surface area (Å²) in [5, 5.41) is 0. The fraction of sp³-hybridized carbons (Fsp3) is 0.190. The quantitative estimate of drug-likeness (QED) is 0.860. The van der Waals surface area contributed by atoms with E-state index < -0.39 is 0 Å². The first kappa shape index (κ1) is 15.5. The van der Waals surface area contributed by atoms with Gasteiger partial charge in [-0.25, -0.2) is 0 Å². The van der Waals surface area contributed by atoms with Crippen LogP contribution in [-0.4, -0.2) is 23.2 Å². The number of amides is 1. The Morgan fingerprint density at radius 3 is 2.40 bits per heavy atom. The summed E-state index contributed by atoms with van der Waals surface area (Å²) in [7, 11) is 0. The van der Waals surface area contributed by atoms with Crippen LogP contribution >= 0.6 is 0 Å². The first-order valence-electron chi connectivity index (χ1n) is 8.48. The number of carbonyl (C=O) groups excluding carboxylic acids is 2. The average Bonchev–Trinajstić information content (AvgIpc) is 3.09. The molecular weight excluding hydrogens is 312 g/mol. The molecule has 0 unspecified atom stereocenters. The topological polar surface area (TPSA) is 50.3 Å². The van der Waals surface area contributed by atoms with Gasteiger partial charge in [-0.2, -0.15) is 0 Å². The maximum absolute atomic E-state index is 11.9. The van der Waals surface area contributed by atoms with E-state index in [2.05, 4.69) is 11.1 Å². The van der Waals surface area contributed by atoms with E-state index in [4.69, 9.17) is 0 Å². The second-order valence-corrected chi connectivity index (χ2v) is 6.32. The molecule has 4 rings (SSSR count). The van der Waals surface area contributed by atoms with Crippen LogP contribution < -0.4 is 4.90 Å². The molecule has 25 heavy (non-hydrogen) atoms. The van der Waals surface area contributed by atoms with Crippen molar-refractivity contribution in [3.05, 3.63) is 66.5 Å². The van der Waals surface area contributed by atoms with E-state index in [-0.39, 0.29) is 11.7 Å². The molecule has 1 fully saturated rings. The van der Waals surface area contributed by atoms with Crippen LogP contribution in [0.2, 0.25) is 0 Å². The van der Waals surface area contributed by atoms with Crippen molar-refractivity contribution < 1.29 is 9.59 Å². The van der Waals surface area contributed by atoms with Crippen molar-refractivity contribution in [3.63, 3.8) is 0 Å². The van der Waals surface area contributed by atoms with Gasteiger partial charge in [0, 0.05) is 48.6 Å². The Morgan fingerprint density at radius 1 is 0.920 bits per heavy atom. The minimum absolute atomic E-state index is 0.125. The third-order valence-corrected chi connectivity index (χ3v) is 4.63. The van der Waals surface area contributed by atoms with Gasteiger partial charge in [0.05, 0.1) is 0 Å². The van der Waals surface area contributed by atoms with Gasteiger partial charge in [-0.3, -0.25) is 14.6 Å². The molecule has 1 aliphatic carbocycles. The smallest absolute Gasteiger partial charge is 0.227 e. The molecule has 124 valence electrons. The van der Waals surface area contributed by atoms with Gasteiger partial charge in [0.1, 0.15) is 0 Å². The largest absolute Gasteiger partial charge is 0.312 e. The molecule has 2 aliphatic rings. The standard InChI is InChI=1S/C21H18N2O2/c24-20-9-5-16(6-10-20)18-12-17(13-22-14-18)15-3-7-19(8-4-15)23-11-1-2-21(23)25/h3-9,12-14H,1-2,10-11H2. The molecule has 4 nitrogen and oxygen atoms in total. The SMILES string of the molecule is O=C1C=CC(c2cncc(-c3ccc(N4CCCC4=O)cc3)c2)=CC1. The zero-order valence-electron chi connectivity index (χ0n) is 13.8. The number of anilines is 1. The van der Waals surface area contributed by atoms with Crippen LogP contribution in [0.3, 0.4) is 0 Å². The van der Waals surface area contributed by atoms with Crippen LogP contribution in [-0.2, 0) is 9.59 Å². The number of carbonyl (C=O) groups is 2. The third kappa shape index (κ3) is 3.15. The summed E-state index contributed by atoms with van der Waals surface area (Å²) in [6.07, 6.45) is 11.0. The van der Waals surface area contributed by atoms with Crippen molar-refractivity contribution >= 4 is 23.0 Å². The van der Waals surface area contributed by atoms with Gasteiger partial charge in [-0.15, -0.1) is 0 Å². The number of aromatic nitrogens is 1. The second-order valence-electron chi connectivity index (χ2n) is 6.32. The molecule has 0 radical (unpaired) electrons. The van der Waals surface area contributed by atoms with Crippen molar-refractivity contribution in [1.29, 1.82) is 0 Å². The van der Waals surface area contributed by atoms with Crippen LogP contribution in [0.25, 0.3) is 16.7 Å². The Kier molecular flexibility index (Phi) is 4.02. The highest BCUT2D eigenvalue weighted by Crippen LogP contribution is 2.28. The van der Waals surface area contributed by atoms with Gasteiger partial charge in [-0.05, 0) is 41.8 Å². The Hall–Kier alpha value is -3.01. The molecule has 0 bridgehead atoms. The van der Waals surface area contributed by atoms with Gasteiger partial charge in [0.15, 0.2) is 5.78 Å². The van der Waals surface area contributed by atoms with Crippen molar-refractivity contribution in [1.82, 2.24) is 4.98 Å². The lowest BCUT2D eigenvalue weighted by Crippen LogP contribution is -2.23. The Labute approximate surface area is 146 Å². The van der Waals surface area contributed by atoms with Crippen molar-refractivity contribution in [2.24, 2.45) is 0 Å². The molecule has 1 aliphatic heterocycles. The molecule has 0 spiro atoms. The first-order valence-corrected chi connectivity index (χ1v) is 8.48. The zero-order chi connectivity index (χ0) is 17.2. The van der Waals surface area contributed by atoms with E-state index in [1.165, 1.54) is 0 Å². The summed E-state index contributed by atoms with van der Waals surface area (Å²) >= 11 is 0. The molecular formula is C21H18N2O2. The van der Waals surface area contributed by atoms with E-state index in [1.54, 1.807) is 6.08 Å². The minimum Gasteiger partial charge on any atom is -0.312 e. The summed E-state index contributed by atoms with van der Waals surface area (Å²) in [5.74, 6) is 0.321. The van der Waals surface area contributed by atoms with Crippen molar-refractivity contribution in [2.75, 3.05) is 11.4 Å². The predicted octanol–water partition coefficient (Wildman–Crippen LogP) is 3.79. The van der Waals surface area contributed by atoms with Crippen LogP contribution in [0.5, 0.6) is 0 Å². The van der Waals surface area contributed by atoms with Gasteiger partial charge < -0.3 is 4.90 Å². The van der Waals surface area contributed by atoms with Crippen molar-refractivity contribution in [2.45, 2.75) is 19.3 Å². The number of ketones is 1. The molecule has 1 amide bonds. The Balaban J connectivity index is 1.60. The van der Waals surface area contributed by atoms with Crippen LogP contribution in [0.4, 0.5) is 5.69 Å². The highest BCUT2D eigenvalue weighted by Gasteiger charge is 2.21. The molecule has 1 aromatic carbocycles. The highest BCUT2D eigenvalue weighted by atomic mass is 16.2. The number of nitrogens with zero attached hydrogens (tertiary/aromatic N) is 2. The molecule has 2 heterocycles. The first-order chi connectivity index (χ1) is 12.2. The molecule has 0 atom stereocenters. The number of allylic oxidation sites excluding steroid dienone is 4. The number of hydrogen-bond donors (Lipinski definition) is 0. The summed E-state index contributed by atoms with van der Waals surface area (Å²) in [6.45, 7) is 0.800. The lowest BCUT2D eigenvalue weighted by atomic mass is 9.97. The van der Waals surface area contributed by atoms with E-state index in [0.29, 0.717) is 12.8 Å². The predicted molar refractivity (Wildman–Crippen MR) is 98.0 cm³/mol. The summed E-state index contributed by atoms with van der Waals surface area (Å²) in [6, 6.07) is 10.1. The maximum atomic E-state index is 11.9. The molecule has 4 heteroatoms. The Morgan fingerprint density at radius 2 is 1.72 bits per heavy atom. The number of benzene rings is 1. The lowest BCUT2D eigenvalue weighted by molar-refractivity contribution is -0.117. The van der Waals surface area contributed by atoms with E-state index in [1.807, 2.05) is 53.7 Å². The minimum atomic E-state index is 0.125. The van der Waals surface area contributed by atoms with Crippen LogP contribution in [0, 0.1) is 0 Å². The third-order valence-electron chi connectivity index (χ3n) is 4.63. The normalized spacial score (nSPS) is 17.1. The number of pyridine rings is 1. The fourth-order valence-corrected chi connectivity index (χ4v) is 3.25. The van der Waals surface area contributed by atoms with Gasteiger partial charge in [0.25, 0.3) is 0 Å². The lowest BCUT2D eigenvalue weighted by Gasteiger charge is -2.16. The fourth-order valence-electron chi connectivity index (χ4n) is 3.25. The summed E-state index contributed by atoms with van der Waals surface area (Å²) in [5.41, 5.74) is 5.05. The van der Waals surface area contributed by atoms with Crippen LogP contribution in [0.15, 0.2) is 61.0 Å². The second kappa shape index (κ2) is 6.48. The monoisotopic (exact) mass is 330 g/mol. The van der Waals surface area contributed by atoms with E-state index in [0.717, 1.165) is 40.9 Å². The Bertz CT molecular complexity index is 894. The van der Waals surface area contributed by atoms with E-state index in [9.17, 15) is 9.59 Å². The maximum Gasteiger partial charge on any atom is 0.227 e. The summed E-state index contributed by atoms with van der Waals surface area (Å²) in [4.78, 5) is 29.4. The molecule has 2 aromatic rings. The number of rotatable bonds is 3. The average molecular weight is 330 g/mol. The van der Waals surface area contributed by atoms with E-state index >= 15 is 0 Å². The molecule has 0 saturated carbocycles. The van der Waals surface area contributed by atoms with Gasteiger partial charge in [0.2, 0.25) is 5.91 Å².